The van der Waals surface area contributed by atoms with E-state index in [1.165, 1.54) is 0 Å². The van der Waals surface area contributed by atoms with E-state index in [1.807, 2.05) is 56.3 Å². The van der Waals surface area contributed by atoms with Crippen molar-refractivity contribution in [3.05, 3.63) is 53.6 Å². The monoisotopic (exact) mass is 348 g/mol. The number of benzene rings is 2. The number of aromatic nitrogens is 2. The fourth-order valence-corrected chi connectivity index (χ4v) is 3.43. The quantitative estimate of drug-likeness (QED) is 0.763. The van der Waals surface area contributed by atoms with Crippen LogP contribution in [0.1, 0.15) is 17.5 Å². The molecule has 132 valence electrons. The number of para-hydroxylation sites is 1. The van der Waals surface area contributed by atoms with E-state index in [1.54, 1.807) is 4.90 Å². The number of H-pyrrole nitrogens is 1. The Kier molecular flexibility index (Phi) is 3.95. The molecule has 0 unspecified atom stereocenters. The van der Waals surface area contributed by atoms with Crippen LogP contribution in [0.5, 0.6) is 0 Å². The maximum absolute atomic E-state index is 12.7. The van der Waals surface area contributed by atoms with E-state index in [9.17, 15) is 9.59 Å². The van der Waals surface area contributed by atoms with E-state index >= 15 is 0 Å². The molecule has 2 N–H and O–H groups in total. The topological polar surface area (TPSA) is 78.1 Å². The predicted octanol–water partition coefficient (Wildman–Crippen LogP) is 3.17. The van der Waals surface area contributed by atoms with Gasteiger partial charge in [-0.15, -0.1) is 0 Å². The SMILES string of the molecule is Cc1ccc(NC(=O)[C@@H]2CC(=O)N(c3n[nH]c4ccccc34)C2)c(C)c1. The Labute approximate surface area is 151 Å². The molecule has 6 heteroatoms. The number of carbonyl (C=O) groups is 2. The molecule has 1 saturated heterocycles. The molecule has 2 aromatic carbocycles. The van der Waals surface area contributed by atoms with Crippen LogP contribution in [0.4, 0.5) is 11.5 Å². The molecule has 0 bridgehead atoms. The summed E-state index contributed by atoms with van der Waals surface area (Å²) in [5.41, 5.74) is 3.82. The molecule has 0 aliphatic carbocycles. The summed E-state index contributed by atoms with van der Waals surface area (Å²) in [5.74, 6) is -0.0123. The lowest BCUT2D eigenvalue weighted by atomic mass is 10.1. The maximum Gasteiger partial charge on any atom is 0.229 e. The number of hydrogen-bond donors (Lipinski definition) is 2. The van der Waals surface area contributed by atoms with Gasteiger partial charge in [0.1, 0.15) is 0 Å². The molecule has 3 aromatic rings. The number of aryl methyl sites for hydroxylation is 2. The van der Waals surface area contributed by atoms with Gasteiger partial charge in [-0.3, -0.25) is 19.6 Å². The van der Waals surface area contributed by atoms with Gasteiger partial charge in [0.05, 0.1) is 11.4 Å². The van der Waals surface area contributed by atoms with Gasteiger partial charge in [-0.25, -0.2) is 0 Å². The average Bonchev–Trinajstić information content (AvgIpc) is 3.20. The minimum absolute atomic E-state index is 0.0805. The van der Waals surface area contributed by atoms with Crippen molar-refractivity contribution < 1.29 is 9.59 Å². The number of carbonyl (C=O) groups excluding carboxylic acids is 2. The highest BCUT2D eigenvalue weighted by Gasteiger charge is 2.36. The van der Waals surface area contributed by atoms with E-state index in [2.05, 4.69) is 15.5 Å². The van der Waals surface area contributed by atoms with Crippen LogP contribution >= 0.6 is 0 Å². The van der Waals surface area contributed by atoms with Gasteiger partial charge < -0.3 is 5.32 Å². The minimum atomic E-state index is -0.390. The Bertz CT molecular complexity index is 1010. The van der Waals surface area contributed by atoms with Gasteiger partial charge in [0.2, 0.25) is 11.8 Å². The zero-order valence-electron chi connectivity index (χ0n) is 14.7. The standard InChI is InChI=1S/C20H20N4O2/c1-12-7-8-16(13(2)9-12)21-20(26)14-10-18(25)24(11-14)19-15-5-3-4-6-17(15)22-23-19/h3-9,14H,10-11H2,1-2H3,(H,21,26)(H,22,23)/t14-/m1/s1. The third kappa shape index (κ3) is 2.83. The molecular weight excluding hydrogens is 328 g/mol. The molecule has 0 saturated carbocycles. The molecule has 1 fully saturated rings. The number of nitrogens with zero attached hydrogens (tertiary/aromatic N) is 2. The largest absolute Gasteiger partial charge is 0.326 e. The van der Waals surface area contributed by atoms with Gasteiger partial charge in [0.15, 0.2) is 5.82 Å². The fraction of sp³-hybridized carbons (Fsp3) is 0.250. The molecule has 2 heterocycles. The molecule has 1 atom stereocenters. The Morgan fingerprint density at radius 2 is 2.04 bits per heavy atom. The van der Waals surface area contributed by atoms with Crippen molar-refractivity contribution in [3.8, 4) is 0 Å². The van der Waals surface area contributed by atoms with Crippen LogP contribution in [0.15, 0.2) is 42.5 Å². The Morgan fingerprint density at radius 1 is 1.23 bits per heavy atom. The summed E-state index contributed by atoms with van der Waals surface area (Å²) in [5, 5.41) is 11.1. The average molecular weight is 348 g/mol. The molecular formula is C20H20N4O2. The van der Waals surface area contributed by atoms with Crippen molar-refractivity contribution in [2.24, 2.45) is 5.92 Å². The highest BCUT2D eigenvalue weighted by Crippen LogP contribution is 2.30. The first-order valence-electron chi connectivity index (χ1n) is 8.64. The molecule has 26 heavy (non-hydrogen) atoms. The van der Waals surface area contributed by atoms with Gasteiger partial charge in [-0.05, 0) is 37.6 Å². The molecule has 2 amide bonds. The lowest BCUT2D eigenvalue weighted by Gasteiger charge is -2.15. The Balaban J connectivity index is 1.53. The second kappa shape index (κ2) is 6.29. The summed E-state index contributed by atoms with van der Waals surface area (Å²) in [6, 6.07) is 13.5. The van der Waals surface area contributed by atoms with Crippen LogP contribution in [0.25, 0.3) is 10.9 Å². The van der Waals surface area contributed by atoms with E-state index in [0.29, 0.717) is 12.4 Å². The van der Waals surface area contributed by atoms with E-state index in [4.69, 9.17) is 0 Å². The summed E-state index contributed by atoms with van der Waals surface area (Å²) < 4.78 is 0. The summed E-state index contributed by atoms with van der Waals surface area (Å²) in [4.78, 5) is 26.7. The van der Waals surface area contributed by atoms with Gasteiger partial charge in [-0.2, -0.15) is 5.10 Å². The summed E-state index contributed by atoms with van der Waals surface area (Å²) in [6.07, 6.45) is 0.192. The molecule has 0 spiro atoms. The van der Waals surface area contributed by atoms with Crippen LogP contribution < -0.4 is 10.2 Å². The van der Waals surface area contributed by atoms with Crippen molar-refractivity contribution >= 4 is 34.2 Å². The Morgan fingerprint density at radius 3 is 2.85 bits per heavy atom. The van der Waals surface area contributed by atoms with Gasteiger partial charge in [0, 0.05) is 24.0 Å². The van der Waals surface area contributed by atoms with Gasteiger partial charge in [-0.1, -0.05) is 29.8 Å². The van der Waals surface area contributed by atoms with E-state index in [-0.39, 0.29) is 18.2 Å². The van der Waals surface area contributed by atoms with Crippen molar-refractivity contribution in [2.45, 2.75) is 20.3 Å². The lowest BCUT2D eigenvalue weighted by Crippen LogP contribution is -2.28. The van der Waals surface area contributed by atoms with E-state index < -0.39 is 5.92 Å². The van der Waals surface area contributed by atoms with Gasteiger partial charge >= 0.3 is 0 Å². The zero-order valence-corrected chi connectivity index (χ0v) is 14.7. The number of hydrogen-bond acceptors (Lipinski definition) is 3. The molecule has 0 radical (unpaired) electrons. The minimum Gasteiger partial charge on any atom is -0.326 e. The highest BCUT2D eigenvalue weighted by molar-refractivity contribution is 6.07. The number of aromatic amines is 1. The normalized spacial score (nSPS) is 17.1. The number of amides is 2. The van der Waals surface area contributed by atoms with E-state index in [0.717, 1.165) is 27.7 Å². The maximum atomic E-state index is 12.7. The molecule has 1 aliphatic rings. The Hall–Kier alpha value is -3.15. The van der Waals surface area contributed by atoms with Crippen molar-refractivity contribution in [1.82, 2.24) is 10.2 Å². The number of anilines is 2. The number of rotatable bonds is 3. The molecule has 1 aromatic heterocycles. The predicted molar refractivity (Wildman–Crippen MR) is 101 cm³/mol. The summed E-state index contributed by atoms with van der Waals surface area (Å²) in [7, 11) is 0. The third-order valence-electron chi connectivity index (χ3n) is 4.84. The van der Waals surface area contributed by atoms with Crippen molar-refractivity contribution in [2.75, 3.05) is 16.8 Å². The smallest absolute Gasteiger partial charge is 0.229 e. The first kappa shape index (κ1) is 16.3. The highest BCUT2D eigenvalue weighted by atomic mass is 16.2. The fourth-order valence-electron chi connectivity index (χ4n) is 3.43. The van der Waals surface area contributed by atoms with Crippen LogP contribution in [-0.2, 0) is 9.59 Å². The van der Waals surface area contributed by atoms with Gasteiger partial charge in [0.25, 0.3) is 0 Å². The second-order valence-electron chi connectivity index (χ2n) is 6.81. The van der Waals surface area contributed by atoms with Crippen LogP contribution in [0, 0.1) is 19.8 Å². The molecule has 6 nitrogen and oxygen atoms in total. The van der Waals surface area contributed by atoms with Crippen molar-refractivity contribution in [3.63, 3.8) is 0 Å². The summed E-state index contributed by atoms with van der Waals surface area (Å²) >= 11 is 0. The van der Waals surface area contributed by atoms with Crippen LogP contribution in [-0.4, -0.2) is 28.6 Å². The number of nitrogens with one attached hydrogen (secondary N) is 2. The third-order valence-corrected chi connectivity index (χ3v) is 4.84. The van der Waals surface area contributed by atoms with Crippen LogP contribution in [0.3, 0.4) is 0 Å². The second-order valence-corrected chi connectivity index (χ2v) is 6.81. The van der Waals surface area contributed by atoms with Crippen molar-refractivity contribution in [1.29, 1.82) is 0 Å². The van der Waals surface area contributed by atoms with Crippen LogP contribution in [0.2, 0.25) is 0 Å². The first-order chi connectivity index (χ1) is 12.5. The molecule has 1 aliphatic heterocycles. The zero-order chi connectivity index (χ0) is 18.3. The number of fused-ring (bicyclic) bond motifs is 1. The lowest BCUT2D eigenvalue weighted by molar-refractivity contribution is -0.122. The molecule has 4 rings (SSSR count). The first-order valence-corrected chi connectivity index (χ1v) is 8.64. The summed E-state index contributed by atoms with van der Waals surface area (Å²) in [6.45, 7) is 4.31.